The summed E-state index contributed by atoms with van der Waals surface area (Å²) in [5.41, 5.74) is 0. The van der Waals surface area contributed by atoms with Crippen LogP contribution in [0.15, 0.2) is 0 Å². The van der Waals surface area contributed by atoms with Crippen molar-refractivity contribution in [3.8, 4) is 0 Å². The van der Waals surface area contributed by atoms with E-state index in [-0.39, 0.29) is 30.5 Å². The molecule has 0 aromatic heterocycles. The fourth-order valence-corrected chi connectivity index (χ4v) is 0.694. The molecule has 3 atom stereocenters. The van der Waals surface area contributed by atoms with Gasteiger partial charge in [0.2, 0.25) is 0 Å². The lowest BCUT2D eigenvalue weighted by molar-refractivity contribution is -0.0745. The molecular formula is C6H16INO4. The van der Waals surface area contributed by atoms with Gasteiger partial charge in [-0.25, -0.2) is 0 Å². The Morgan fingerprint density at radius 3 is 2.00 bits per heavy atom. The first-order valence-corrected chi connectivity index (χ1v) is 3.43. The van der Waals surface area contributed by atoms with E-state index < -0.39 is 24.9 Å². The molecule has 0 rings (SSSR count). The largest absolute Gasteiger partial charge is 0.394 e. The Kier molecular flexibility index (Phi) is 10.2. The van der Waals surface area contributed by atoms with E-state index in [1.807, 2.05) is 0 Å². The predicted octanol–water partition coefficient (Wildman–Crippen LogP) is -2.10. The van der Waals surface area contributed by atoms with Gasteiger partial charge >= 0.3 is 0 Å². The van der Waals surface area contributed by atoms with Gasteiger partial charge in [-0.3, -0.25) is 0 Å². The van der Waals surface area contributed by atoms with Crippen molar-refractivity contribution in [2.45, 2.75) is 18.3 Å². The van der Waals surface area contributed by atoms with Crippen molar-refractivity contribution in [3.63, 3.8) is 0 Å². The van der Waals surface area contributed by atoms with Crippen LogP contribution in [0, 0.1) is 0 Å². The van der Waals surface area contributed by atoms with E-state index in [1.165, 1.54) is 0 Å². The molecule has 0 radical (unpaired) electrons. The lowest BCUT2D eigenvalue weighted by Crippen LogP contribution is -2.43. The predicted molar refractivity (Wildman–Crippen MR) is 54.4 cm³/mol. The van der Waals surface area contributed by atoms with Crippen molar-refractivity contribution in [1.82, 2.24) is 5.32 Å². The lowest BCUT2D eigenvalue weighted by atomic mass is 10.1. The summed E-state index contributed by atoms with van der Waals surface area (Å²) in [6.45, 7) is -0.375. The van der Waals surface area contributed by atoms with Crippen molar-refractivity contribution in [2.24, 2.45) is 0 Å². The minimum absolute atomic E-state index is 0. The molecule has 0 heterocycles. The van der Waals surface area contributed by atoms with Gasteiger partial charge in [-0.15, -0.1) is 24.0 Å². The summed E-state index contributed by atoms with van der Waals surface area (Å²) < 4.78 is 0. The van der Waals surface area contributed by atoms with Gasteiger partial charge in [0.15, 0.2) is 0 Å². The van der Waals surface area contributed by atoms with E-state index >= 15 is 0 Å². The van der Waals surface area contributed by atoms with Crippen LogP contribution in [0.1, 0.15) is 0 Å². The fraction of sp³-hybridized carbons (Fsp3) is 1.00. The third kappa shape index (κ3) is 5.22. The smallest absolute Gasteiger partial charge is 0.109 e. The van der Waals surface area contributed by atoms with E-state index in [2.05, 4.69) is 5.32 Å². The molecule has 0 aromatic rings. The van der Waals surface area contributed by atoms with Crippen LogP contribution in [-0.2, 0) is 0 Å². The summed E-state index contributed by atoms with van der Waals surface area (Å²) in [4.78, 5) is 0. The molecule has 0 amide bonds. The van der Waals surface area contributed by atoms with Crippen LogP contribution in [0.2, 0.25) is 0 Å². The monoisotopic (exact) mass is 293 g/mol. The maximum Gasteiger partial charge on any atom is 0.109 e. The topological polar surface area (TPSA) is 93.0 Å². The minimum atomic E-state index is -1.30. The zero-order valence-corrected chi connectivity index (χ0v) is 9.17. The number of halogens is 1. The molecule has 12 heavy (non-hydrogen) atoms. The van der Waals surface area contributed by atoms with Gasteiger partial charge < -0.3 is 25.7 Å². The zero-order valence-electron chi connectivity index (χ0n) is 6.84. The first-order valence-electron chi connectivity index (χ1n) is 3.43. The van der Waals surface area contributed by atoms with Crippen LogP contribution in [0.25, 0.3) is 0 Å². The van der Waals surface area contributed by atoms with E-state index in [0.717, 1.165) is 0 Å². The number of aliphatic hydroxyl groups excluding tert-OH is 4. The summed E-state index contributed by atoms with van der Waals surface area (Å²) >= 11 is 0. The molecule has 76 valence electrons. The molecule has 0 saturated carbocycles. The second-order valence-corrected chi connectivity index (χ2v) is 2.37. The van der Waals surface area contributed by atoms with E-state index in [4.69, 9.17) is 20.4 Å². The van der Waals surface area contributed by atoms with Gasteiger partial charge in [0.1, 0.15) is 12.2 Å². The van der Waals surface area contributed by atoms with Crippen molar-refractivity contribution in [1.29, 1.82) is 0 Å². The highest BCUT2D eigenvalue weighted by molar-refractivity contribution is 14.0. The molecule has 0 aliphatic carbocycles. The van der Waals surface area contributed by atoms with Crippen LogP contribution in [0.5, 0.6) is 0 Å². The van der Waals surface area contributed by atoms with Gasteiger partial charge in [0, 0.05) is 6.54 Å². The Morgan fingerprint density at radius 2 is 1.67 bits per heavy atom. The molecule has 0 aliphatic rings. The van der Waals surface area contributed by atoms with Crippen LogP contribution < -0.4 is 5.32 Å². The first kappa shape index (κ1) is 15.0. The second kappa shape index (κ2) is 8.14. The third-order valence-corrected chi connectivity index (χ3v) is 1.39. The molecule has 0 aliphatic heterocycles. The maximum atomic E-state index is 9.04. The van der Waals surface area contributed by atoms with Crippen molar-refractivity contribution in [2.75, 3.05) is 20.2 Å². The average molecular weight is 293 g/mol. The van der Waals surface area contributed by atoms with Crippen LogP contribution in [0.4, 0.5) is 0 Å². The van der Waals surface area contributed by atoms with Crippen molar-refractivity contribution in [3.05, 3.63) is 0 Å². The number of hydrogen-bond donors (Lipinski definition) is 5. The number of rotatable bonds is 5. The van der Waals surface area contributed by atoms with Gasteiger partial charge in [0.25, 0.3) is 0 Å². The summed E-state index contributed by atoms with van der Waals surface area (Å²) in [5.74, 6) is 0. The van der Waals surface area contributed by atoms with Gasteiger partial charge in [-0.05, 0) is 7.05 Å². The minimum Gasteiger partial charge on any atom is -0.394 e. The third-order valence-electron chi connectivity index (χ3n) is 1.39. The van der Waals surface area contributed by atoms with Crippen LogP contribution >= 0.6 is 24.0 Å². The molecule has 0 aromatic carbocycles. The zero-order chi connectivity index (χ0) is 8.85. The molecule has 5 N–H and O–H groups in total. The molecule has 5 nitrogen and oxygen atoms in total. The van der Waals surface area contributed by atoms with Crippen LogP contribution in [-0.4, -0.2) is 58.9 Å². The highest BCUT2D eigenvalue weighted by Crippen LogP contribution is 1.98. The summed E-state index contributed by atoms with van der Waals surface area (Å²) in [6.07, 6.45) is -3.63. The van der Waals surface area contributed by atoms with Gasteiger partial charge in [-0.1, -0.05) is 0 Å². The molecule has 0 fully saturated rings. The highest BCUT2D eigenvalue weighted by Gasteiger charge is 2.22. The van der Waals surface area contributed by atoms with E-state index in [1.54, 1.807) is 7.05 Å². The fourth-order valence-electron chi connectivity index (χ4n) is 0.694. The standard InChI is InChI=1S/C6H15NO4.HI/c1-7-2-4(9)6(11)5(10)3-8;/h4-11H,2-3H2,1H3;1H/t4-,5+,6-;/m0./s1. The SMILES string of the molecule is CNC[C@H](O)[C@H](O)[C@H](O)CO.I. The lowest BCUT2D eigenvalue weighted by Gasteiger charge is -2.20. The van der Waals surface area contributed by atoms with E-state index in [9.17, 15) is 0 Å². The molecule has 6 heteroatoms. The second-order valence-electron chi connectivity index (χ2n) is 2.37. The summed E-state index contributed by atoms with van der Waals surface area (Å²) in [7, 11) is 1.61. The Morgan fingerprint density at radius 1 is 1.17 bits per heavy atom. The Labute approximate surface area is 88.4 Å². The van der Waals surface area contributed by atoms with Crippen molar-refractivity contribution >= 4 is 24.0 Å². The number of nitrogens with one attached hydrogen (secondary N) is 1. The Hall–Kier alpha value is 0.530. The first-order chi connectivity index (χ1) is 5.13. The highest BCUT2D eigenvalue weighted by atomic mass is 127. The van der Waals surface area contributed by atoms with Gasteiger partial charge in [0.05, 0.1) is 12.7 Å². The average Bonchev–Trinajstić information content (AvgIpc) is 2.02. The maximum absolute atomic E-state index is 9.04. The molecule has 0 bridgehead atoms. The number of likely N-dealkylation sites (N-methyl/N-ethyl adjacent to an activating group) is 1. The molecule has 0 spiro atoms. The Bertz CT molecular complexity index is 106. The van der Waals surface area contributed by atoms with Crippen LogP contribution in [0.3, 0.4) is 0 Å². The molecule has 0 saturated heterocycles. The van der Waals surface area contributed by atoms with Gasteiger partial charge in [-0.2, -0.15) is 0 Å². The number of hydrogen-bond acceptors (Lipinski definition) is 5. The van der Waals surface area contributed by atoms with Crippen molar-refractivity contribution < 1.29 is 20.4 Å². The Balaban J connectivity index is 0. The molecular weight excluding hydrogens is 277 g/mol. The summed E-state index contributed by atoms with van der Waals surface area (Å²) in [5, 5.41) is 37.9. The molecule has 0 unspecified atom stereocenters. The number of aliphatic hydroxyl groups is 4. The van der Waals surface area contributed by atoms with E-state index in [0.29, 0.717) is 0 Å². The quantitative estimate of drug-likeness (QED) is 0.374. The normalized spacial score (nSPS) is 17.8. The summed E-state index contributed by atoms with van der Waals surface area (Å²) in [6, 6.07) is 0.